The molecule has 0 atom stereocenters. The summed E-state index contributed by atoms with van der Waals surface area (Å²) in [6, 6.07) is 0.682. The summed E-state index contributed by atoms with van der Waals surface area (Å²) >= 11 is 0. The highest BCUT2D eigenvalue weighted by molar-refractivity contribution is 4.98. The molecule has 0 amide bonds. The van der Waals surface area contributed by atoms with E-state index in [9.17, 15) is 0 Å². The summed E-state index contributed by atoms with van der Waals surface area (Å²) in [5.74, 6) is 2.69. The maximum absolute atomic E-state index is 5.26. The van der Waals surface area contributed by atoms with Crippen molar-refractivity contribution in [3.05, 3.63) is 29.9 Å². The van der Waals surface area contributed by atoms with Crippen LogP contribution in [0.3, 0.4) is 0 Å². The number of hydrogen-bond donors (Lipinski definition) is 1. The van der Waals surface area contributed by atoms with Crippen LogP contribution in [0.15, 0.2) is 16.9 Å². The molecule has 1 aliphatic rings. The third kappa shape index (κ3) is 3.01. The number of nitrogens with one attached hydrogen (secondary N) is 1. The molecule has 1 aliphatic carbocycles. The molecule has 3 rings (SSSR count). The molecule has 2 heterocycles. The Hall–Kier alpha value is -1.69. The Kier molecular flexibility index (Phi) is 3.33. The Balaban J connectivity index is 1.65. The van der Waals surface area contributed by atoms with Gasteiger partial charge in [-0.15, -0.1) is 0 Å². The smallest absolute Gasteiger partial charge is 0.246 e. The van der Waals surface area contributed by atoms with Crippen LogP contribution in [0.2, 0.25) is 0 Å². The standard InChI is InChI=1S/C13H19N5O/c1-9(2)13-16-12(19-17-13)8-18-6-5-14-11(18)7-15-10-3-4-10/h5-6,9-10,15H,3-4,7-8H2,1-2H3. The van der Waals surface area contributed by atoms with Crippen molar-refractivity contribution in [2.24, 2.45) is 0 Å². The summed E-state index contributed by atoms with van der Waals surface area (Å²) in [6.45, 7) is 5.48. The molecule has 2 aromatic heterocycles. The van der Waals surface area contributed by atoms with E-state index in [1.54, 1.807) is 0 Å². The Morgan fingerprint density at radius 1 is 1.47 bits per heavy atom. The Morgan fingerprint density at radius 3 is 3.00 bits per heavy atom. The average molecular weight is 261 g/mol. The fraction of sp³-hybridized carbons (Fsp3) is 0.615. The highest BCUT2D eigenvalue weighted by Crippen LogP contribution is 2.19. The Morgan fingerprint density at radius 2 is 2.32 bits per heavy atom. The lowest BCUT2D eigenvalue weighted by atomic mass is 10.2. The molecule has 19 heavy (non-hydrogen) atoms. The van der Waals surface area contributed by atoms with Crippen LogP contribution in [0.25, 0.3) is 0 Å². The average Bonchev–Trinajstić information content (AvgIpc) is 2.92. The van der Waals surface area contributed by atoms with E-state index in [2.05, 4.69) is 34.3 Å². The first-order chi connectivity index (χ1) is 9.22. The molecule has 0 bridgehead atoms. The van der Waals surface area contributed by atoms with Gasteiger partial charge in [0.05, 0.1) is 6.54 Å². The van der Waals surface area contributed by atoms with Crippen molar-refractivity contribution in [2.45, 2.75) is 51.7 Å². The number of aromatic nitrogens is 4. The number of hydrogen-bond acceptors (Lipinski definition) is 5. The Labute approximate surface area is 112 Å². The topological polar surface area (TPSA) is 68.8 Å². The van der Waals surface area contributed by atoms with Crippen LogP contribution in [0.1, 0.15) is 50.1 Å². The van der Waals surface area contributed by atoms with E-state index in [0.717, 1.165) is 18.2 Å². The number of nitrogens with zero attached hydrogens (tertiary/aromatic N) is 4. The van der Waals surface area contributed by atoms with Gasteiger partial charge in [0.1, 0.15) is 12.4 Å². The van der Waals surface area contributed by atoms with Crippen molar-refractivity contribution >= 4 is 0 Å². The lowest BCUT2D eigenvalue weighted by molar-refractivity contribution is 0.362. The molecule has 0 spiro atoms. The van der Waals surface area contributed by atoms with Crippen molar-refractivity contribution in [1.82, 2.24) is 25.0 Å². The van der Waals surface area contributed by atoms with Crippen LogP contribution in [0.5, 0.6) is 0 Å². The van der Waals surface area contributed by atoms with E-state index in [0.29, 0.717) is 18.5 Å². The maximum atomic E-state index is 5.26. The highest BCUT2D eigenvalue weighted by atomic mass is 16.5. The van der Waals surface area contributed by atoms with Crippen molar-refractivity contribution in [3.63, 3.8) is 0 Å². The van der Waals surface area contributed by atoms with Gasteiger partial charge in [0, 0.05) is 24.4 Å². The molecule has 0 radical (unpaired) electrons. The zero-order chi connectivity index (χ0) is 13.2. The lowest BCUT2D eigenvalue weighted by Gasteiger charge is -2.05. The minimum atomic E-state index is 0.288. The molecule has 0 aliphatic heterocycles. The maximum Gasteiger partial charge on any atom is 0.246 e. The normalized spacial score (nSPS) is 15.3. The van der Waals surface area contributed by atoms with Crippen LogP contribution in [-0.4, -0.2) is 25.7 Å². The van der Waals surface area contributed by atoms with Crippen molar-refractivity contribution in [2.75, 3.05) is 0 Å². The third-order valence-corrected chi connectivity index (χ3v) is 3.23. The molecule has 2 aromatic rings. The first kappa shape index (κ1) is 12.3. The van der Waals surface area contributed by atoms with E-state index < -0.39 is 0 Å². The molecule has 0 unspecified atom stereocenters. The predicted molar refractivity (Wildman–Crippen MR) is 69.6 cm³/mol. The second-order valence-corrected chi connectivity index (χ2v) is 5.33. The van der Waals surface area contributed by atoms with Gasteiger partial charge in [-0.25, -0.2) is 4.98 Å². The second-order valence-electron chi connectivity index (χ2n) is 5.33. The van der Waals surface area contributed by atoms with Gasteiger partial charge in [-0.3, -0.25) is 0 Å². The molecule has 6 nitrogen and oxygen atoms in total. The molecule has 0 aromatic carbocycles. The summed E-state index contributed by atoms with van der Waals surface area (Å²) in [5.41, 5.74) is 0. The molecule has 102 valence electrons. The van der Waals surface area contributed by atoms with E-state index in [1.807, 2.05) is 17.0 Å². The van der Waals surface area contributed by atoms with Crippen molar-refractivity contribution < 1.29 is 4.52 Å². The summed E-state index contributed by atoms with van der Waals surface area (Å²) < 4.78 is 7.31. The van der Waals surface area contributed by atoms with Gasteiger partial charge >= 0.3 is 0 Å². The second kappa shape index (κ2) is 5.13. The quantitative estimate of drug-likeness (QED) is 0.857. The van der Waals surface area contributed by atoms with Crippen molar-refractivity contribution in [1.29, 1.82) is 0 Å². The van der Waals surface area contributed by atoms with E-state index in [4.69, 9.17) is 4.52 Å². The van der Waals surface area contributed by atoms with E-state index in [1.165, 1.54) is 12.8 Å². The minimum Gasteiger partial charge on any atom is -0.337 e. The Bertz CT molecular complexity index is 541. The van der Waals surface area contributed by atoms with E-state index in [-0.39, 0.29) is 5.92 Å². The summed E-state index contributed by atoms with van der Waals surface area (Å²) in [5, 5.41) is 7.43. The largest absolute Gasteiger partial charge is 0.337 e. The van der Waals surface area contributed by atoms with Gasteiger partial charge in [0.2, 0.25) is 5.89 Å². The molecule has 6 heteroatoms. The number of imidazole rings is 1. The molecule has 1 fully saturated rings. The SMILES string of the molecule is CC(C)c1noc(Cn2ccnc2CNC2CC2)n1. The van der Waals surface area contributed by atoms with Gasteiger partial charge in [-0.05, 0) is 12.8 Å². The molecule has 1 N–H and O–H groups in total. The van der Waals surface area contributed by atoms with Crippen LogP contribution in [-0.2, 0) is 13.1 Å². The van der Waals surface area contributed by atoms with Crippen LogP contribution >= 0.6 is 0 Å². The van der Waals surface area contributed by atoms with Gasteiger partial charge < -0.3 is 14.4 Å². The lowest BCUT2D eigenvalue weighted by Crippen LogP contribution is -2.19. The molecule has 1 saturated carbocycles. The van der Waals surface area contributed by atoms with E-state index >= 15 is 0 Å². The zero-order valence-electron chi connectivity index (χ0n) is 11.3. The zero-order valence-corrected chi connectivity index (χ0v) is 11.3. The van der Waals surface area contributed by atoms with Gasteiger partial charge in [0.15, 0.2) is 5.82 Å². The monoisotopic (exact) mass is 261 g/mol. The first-order valence-electron chi connectivity index (χ1n) is 6.78. The van der Waals surface area contributed by atoms with Gasteiger partial charge in [-0.2, -0.15) is 4.98 Å². The van der Waals surface area contributed by atoms with Gasteiger partial charge in [-0.1, -0.05) is 19.0 Å². The summed E-state index contributed by atoms with van der Waals surface area (Å²) in [4.78, 5) is 8.75. The highest BCUT2D eigenvalue weighted by Gasteiger charge is 2.21. The predicted octanol–water partition coefficient (Wildman–Crippen LogP) is 1.69. The molecule has 0 saturated heterocycles. The fourth-order valence-electron chi connectivity index (χ4n) is 1.89. The van der Waals surface area contributed by atoms with Gasteiger partial charge in [0.25, 0.3) is 0 Å². The van der Waals surface area contributed by atoms with Crippen LogP contribution in [0, 0.1) is 0 Å². The number of rotatable bonds is 6. The molecular formula is C13H19N5O. The fourth-order valence-corrected chi connectivity index (χ4v) is 1.89. The third-order valence-electron chi connectivity index (χ3n) is 3.23. The molecular weight excluding hydrogens is 242 g/mol. The van der Waals surface area contributed by atoms with Crippen molar-refractivity contribution in [3.8, 4) is 0 Å². The van der Waals surface area contributed by atoms with Crippen LogP contribution in [0.4, 0.5) is 0 Å². The van der Waals surface area contributed by atoms with Crippen LogP contribution < -0.4 is 5.32 Å². The summed E-state index contributed by atoms with van der Waals surface area (Å²) in [7, 11) is 0. The minimum absolute atomic E-state index is 0.288. The summed E-state index contributed by atoms with van der Waals surface area (Å²) in [6.07, 6.45) is 6.32. The first-order valence-corrected chi connectivity index (χ1v) is 6.78.